The fourth-order valence-electron chi connectivity index (χ4n) is 5.80. The van der Waals surface area contributed by atoms with Crippen LogP contribution in [-0.4, -0.2) is 73.8 Å². The van der Waals surface area contributed by atoms with Crippen LogP contribution in [0.3, 0.4) is 0 Å². The highest BCUT2D eigenvalue weighted by Crippen LogP contribution is 2.37. The highest BCUT2D eigenvalue weighted by atomic mass is 35.5. The summed E-state index contributed by atoms with van der Waals surface area (Å²) in [7, 11) is 0. The largest absolute Gasteiger partial charge is 0.491 e. The Hall–Kier alpha value is -4.40. The van der Waals surface area contributed by atoms with Crippen molar-refractivity contribution < 1.29 is 31.8 Å². The highest BCUT2D eigenvalue weighted by Gasteiger charge is 2.30. The monoisotopic (exact) mass is 687 g/mol. The van der Waals surface area contributed by atoms with E-state index in [0.29, 0.717) is 59.1 Å². The first-order valence-corrected chi connectivity index (χ1v) is 15.7. The Bertz CT molecular complexity index is 1870. The Morgan fingerprint density at radius 3 is 2.50 bits per heavy atom. The maximum absolute atomic E-state index is 15.1. The van der Waals surface area contributed by atoms with Crippen molar-refractivity contribution >= 4 is 34.0 Å². The van der Waals surface area contributed by atoms with Crippen molar-refractivity contribution in [2.24, 2.45) is 0 Å². The van der Waals surface area contributed by atoms with Gasteiger partial charge in [0.05, 0.1) is 35.8 Å². The molecular formula is C33H31ClF5N7O2. The number of halogens is 6. The molecule has 0 bridgehead atoms. The van der Waals surface area contributed by atoms with Gasteiger partial charge in [0.1, 0.15) is 35.5 Å². The number of fused-ring (bicyclic) bond motifs is 1. The summed E-state index contributed by atoms with van der Waals surface area (Å²) in [6.45, 7) is 0.308. The van der Waals surface area contributed by atoms with Gasteiger partial charge in [0.2, 0.25) is 0 Å². The molecule has 0 atom stereocenters. The minimum absolute atomic E-state index is 0.0334. The zero-order valence-corrected chi connectivity index (χ0v) is 26.3. The van der Waals surface area contributed by atoms with E-state index in [9.17, 15) is 13.2 Å². The Labute approximate surface area is 277 Å². The van der Waals surface area contributed by atoms with Crippen LogP contribution in [0.25, 0.3) is 22.4 Å². The van der Waals surface area contributed by atoms with Gasteiger partial charge in [0.25, 0.3) is 0 Å². The summed E-state index contributed by atoms with van der Waals surface area (Å²) in [5.74, 6) is -1.02. The van der Waals surface area contributed by atoms with Crippen molar-refractivity contribution in [1.29, 1.82) is 0 Å². The molecule has 1 saturated heterocycles. The number of nitrogens with zero attached hydrogens (tertiary/aromatic N) is 6. The van der Waals surface area contributed by atoms with Gasteiger partial charge >= 0.3 is 6.18 Å². The molecule has 252 valence electrons. The maximum Gasteiger partial charge on any atom is 0.390 e. The predicted molar refractivity (Wildman–Crippen MR) is 170 cm³/mol. The van der Waals surface area contributed by atoms with Crippen molar-refractivity contribution in [2.45, 2.75) is 37.9 Å². The number of para-hydroxylation sites is 1. The number of pyridine rings is 1. The Kier molecular flexibility index (Phi) is 10.0. The number of aromatic nitrogens is 5. The number of benzene rings is 2. The van der Waals surface area contributed by atoms with Crippen molar-refractivity contribution in [3.05, 3.63) is 88.8 Å². The third-order valence-electron chi connectivity index (χ3n) is 8.23. The van der Waals surface area contributed by atoms with Crippen molar-refractivity contribution in [2.75, 3.05) is 38.2 Å². The van der Waals surface area contributed by atoms with Gasteiger partial charge in [-0.3, -0.25) is 9.67 Å². The zero-order chi connectivity index (χ0) is 33.8. The quantitative estimate of drug-likeness (QED) is 0.142. The minimum atomic E-state index is -4.21. The smallest absolute Gasteiger partial charge is 0.390 e. The lowest BCUT2D eigenvalue weighted by Crippen LogP contribution is -2.35. The van der Waals surface area contributed by atoms with Gasteiger partial charge in [-0.05, 0) is 44.0 Å². The number of anilines is 2. The molecule has 0 radical (unpaired) electrons. The molecule has 2 N–H and O–H groups in total. The summed E-state index contributed by atoms with van der Waals surface area (Å²) in [5.41, 5.74) is 2.08. The second kappa shape index (κ2) is 14.4. The van der Waals surface area contributed by atoms with Crippen LogP contribution in [0.15, 0.2) is 61.1 Å². The van der Waals surface area contributed by atoms with E-state index in [1.807, 2.05) is 17.0 Å². The minimum Gasteiger partial charge on any atom is -0.491 e. The molecule has 6 rings (SSSR count). The number of piperidine rings is 1. The molecule has 1 fully saturated rings. The number of hydrogen-bond acceptors (Lipinski definition) is 8. The average molecular weight is 688 g/mol. The molecule has 48 heavy (non-hydrogen) atoms. The highest BCUT2D eigenvalue weighted by molar-refractivity contribution is 6.33. The first kappa shape index (κ1) is 33.5. The lowest BCUT2D eigenvalue weighted by molar-refractivity contribution is -0.138. The second-order valence-electron chi connectivity index (χ2n) is 11.4. The van der Waals surface area contributed by atoms with E-state index in [0.717, 1.165) is 17.7 Å². The Morgan fingerprint density at radius 1 is 1.04 bits per heavy atom. The standard InChI is InChI=1S/C33H31ClF5N7O2/c34-25-18-40-9-5-28(25)42-31-23(20-6-10-45(11-7-20)12-8-33(37,38)39)17-41-32(43-31)30-22-3-1-2-4-29(22)46(44-30)19-24-26(35)15-21(16-27(24)36)48-14-13-47/h1-5,9,15-18,20,47H,6-8,10-14,19H2,(H,40,41,42,43). The SMILES string of the molecule is OCCOc1cc(F)c(Cn2nc(-c3ncc(C4CCN(CCC(F)(F)F)CC4)c(Nc4ccncc4Cl)n3)c3ccccc32)c(F)c1. The van der Waals surface area contributed by atoms with Crippen LogP contribution >= 0.6 is 11.6 Å². The van der Waals surface area contributed by atoms with Gasteiger partial charge in [-0.2, -0.15) is 18.3 Å². The first-order valence-electron chi connectivity index (χ1n) is 15.3. The van der Waals surface area contributed by atoms with Gasteiger partial charge in [-0.1, -0.05) is 29.8 Å². The molecule has 9 nitrogen and oxygen atoms in total. The molecule has 1 aliphatic rings. The average Bonchev–Trinajstić information content (AvgIpc) is 3.44. The van der Waals surface area contributed by atoms with Crippen LogP contribution in [-0.2, 0) is 6.54 Å². The molecule has 15 heteroatoms. The number of rotatable bonds is 11. The number of alkyl halides is 3. The molecule has 0 unspecified atom stereocenters. The van der Waals surface area contributed by atoms with Gasteiger partial charge in [0, 0.05) is 53.8 Å². The third-order valence-corrected chi connectivity index (χ3v) is 8.53. The van der Waals surface area contributed by atoms with Crippen LogP contribution in [0.1, 0.15) is 36.3 Å². The predicted octanol–water partition coefficient (Wildman–Crippen LogP) is 7.11. The molecule has 0 aliphatic carbocycles. The van der Waals surface area contributed by atoms with E-state index < -0.39 is 24.2 Å². The molecule has 0 amide bonds. The summed E-state index contributed by atoms with van der Waals surface area (Å²) in [4.78, 5) is 15.4. The Balaban J connectivity index is 1.33. The van der Waals surface area contributed by atoms with Crippen molar-refractivity contribution in [3.8, 4) is 17.3 Å². The maximum atomic E-state index is 15.1. The third kappa shape index (κ3) is 7.66. The molecule has 1 aliphatic heterocycles. The van der Waals surface area contributed by atoms with E-state index in [4.69, 9.17) is 31.5 Å². The van der Waals surface area contributed by atoms with Crippen LogP contribution in [0.5, 0.6) is 5.75 Å². The van der Waals surface area contributed by atoms with E-state index in [2.05, 4.69) is 15.3 Å². The summed E-state index contributed by atoms with van der Waals surface area (Å²) >= 11 is 6.42. The molecule has 4 heterocycles. The molecule has 3 aromatic heterocycles. The fourth-order valence-corrected chi connectivity index (χ4v) is 5.97. The lowest BCUT2D eigenvalue weighted by atomic mass is 9.90. The van der Waals surface area contributed by atoms with E-state index in [-0.39, 0.29) is 49.4 Å². The fraction of sp³-hybridized carbons (Fsp3) is 0.333. The van der Waals surface area contributed by atoms with Crippen molar-refractivity contribution in [3.63, 3.8) is 0 Å². The second-order valence-corrected chi connectivity index (χ2v) is 11.8. The van der Waals surface area contributed by atoms with Gasteiger partial charge in [0.15, 0.2) is 5.82 Å². The van der Waals surface area contributed by atoms with E-state index in [1.54, 1.807) is 30.6 Å². The summed E-state index contributed by atoms with van der Waals surface area (Å²) in [5, 5.41) is 18.0. The molecule has 5 aromatic rings. The number of ether oxygens (including phenoxy) is 1. The van der Waals surface area contributed by atoms with E-state index in [1.165, 1.54) is 10.9 Å². The first-order chi connectivity index (χ1) is 23.1. The van der Waals surface area contributed by atoms with Crippen LogP contribution in [0.4, 0.5) is 33.5 Å². The van der Waals surface area contributed by atoms with Gasteiger partial charge in [-0.15, -0.1) is 0 Å². The summed E-state index contributed by atoms with van der Waals surface area (Å²) in [6.07, 6.45) is 0.912. The zero-order valence-electron chi connectivity index (χ0n) is 25.5. The topological polar surface area (TPSA) is 101 Å². The number of hydrogen-bond donors (Lipinski definition) is 2. The normalized spacial score (nSPS) is 14.5. The van der Waals surface area contributed by atoms with E-state index >= 15 is 8.78 Å². The summed E-state index contributed by atoms with van der Waals surface area (Å²) < 4.78 is 75.2. The number of aliphatic hydroxyl groups is 1. The van der Waals surface area contributed by atoms with Crippen LogP contribution < -0.4 is 10.1 Å². The number of likely N-dealkylation sites (tertiary alicyclic amines) is 1. The molecule has 0 spiro atoms. The molecule has 0 saturated carbocycles. The number of nitrogens with one attached hydrogen (secondary N) is 1. The molecule has 2 aromatic carbocycles. The van der Waals surface area contributed by atoms with Gasteiger partial charge < -0.3 is 20.1 Å². The summed E-state index contributed by atoms with van der Waals surface area (Å²) in [6, 6.07) is 11.0. The number of aliphatic hydroxyl groups excluding tert-OH is 1. The molecular weight excluding hydrogens is 657 g/mol. The Morgan fingerprint density at radius 2 is 1.79 bits per heavy atom. The van der Waals surface area contributed by atoms with Crippen LogP contribution in [0, 0.1) is 11.6 Å². The van der Waals surface area contributed by atoms with Crippen LogP contribution in [0.2, 0.25) is 5.02 Å². The lowest BCUT2D eigenvalue weighted by Gasteiger charge is -2.32. The van der Waals surface area contributed by atoms with Gasteiger partial charge in [-0.25, -0.2) is 18.7 Å². The van der Waals surface area contributed by atoms with Crippen molar-refractivity contribution in [1.82, 2.24) is 29.6 Å².